The molecule has 6 heteroatoms. The minimum Gasteiger partial charge on any atom is -0.545 e. The van der Waals surface area contributed by atoms with Gasteiger partial charge in [-0.3, -0.25) is 4.79 Å². The first kappa shape index (κ1) is 18.0. The summed E-state index contributed by atoms with van der Waals surface area (Å²) in [6.45, 7) is 5.51. The van der Waals surface area contributed by atoms with Crippen molar-refractivity contribution < 1.29 is 49.4 Å². The Kier molecular flexibility index (Phi) is 6.55. The summed E-state index contributed by atoms with van der Waals surface area (Å²) < 4.78 is 0. The molecule has 0 spiro atoms. The number of carboxylic acids is 1. The Bertz CT molecular complexity index is 486. The van der Waals surface area contributed by atoms with Crippen LogP contribution in [-0.4, -0.2) is 17.0 Å². The van der Waals surface area contributed by atoms with Crippen molar-refractivity contribution >= 4 is 17.6 Å². The smallest absolute Gasteiger partial charge is 0.545 e. The van der Waals surface area contributed by atoms with Gasteiger partial charge in [0.2, 0.25) is 5.91 Å². The summed E-state index contributed by atoms with van der Waals surface area (Å²) in [4.78, 5) is 22.5. The minimum atomic E-state index is -1.46. The molecule has 0 bridgehead atoms. The zero-order valence-corrected chi connectivity index (χ0v) is 13.6. The molecule has 0 saturated heterocycles. The summed E-state index contributed by atoms with van der Waals surface area (Å²) in [7, 11) is 0. The summed E-state index contributed by atoms with van der Waals surface area (Å²) in [6, 6.07) is 3.79. The molecule has 1 aromatic rings. The van der Waals surface area contributed by atoms with E-state index in [1.54, 1.807) is 13.8 Å². The van der Waals surface area contributed by atoms with Gasteiger partial charge in [0, 0.05) is 22.7 Å². The predicted molar refractivity (Wildman–Crippen MR) is 65.1 cm³/mol. The van der Waals surface area contributed by atoms with Gasteiger partial charge in [-0.1, -0.05) is 20.8 Å². The van der Waals surface area contributed by atoms with Crippen LogP contribution in [0.3, 0.4) is 0 Å². The summed E-state index contributed by atoms with van der Waals surface area (Å²) in [5.74, 6) is -2.08. The maximum absolute atomic E-state index is 11.9. The van der Waals surface area contributed by atoms with E-state index < -0.39 is 17.1 Å². The largest absolute Gasteiger partial charge is 1.00 e. The number of aromatic carboxylic acids is 1. The van der Waals surface area contributed by atoms with Crippen molar-refractivity contribution in [3.05, 3.63) is 23.8 Å². The Morgan fingerprint density at radius 2 is 1.95 bits per heavy atom. The summed E-state index contributed by atoms with van der Waals surface area (Å²) in [5, 5.41) is 22.7. The zero-order valence-electron chi connectivity index (χ0n) is 11.6. The van der Waals surface area contributed by atoms with Crippen LogP contribution in [0.1, 0.15) is 37.6 Å². The number of hydrogen-bond acceptors (Lipinski definition) is 4. The van der Waals surface area contributed by atoms with Gasteiger partial charge < -0.3 is 20.3 Å². The number of amides is 1. The van der Waals surface area contributed by atoms with Gasteiger partial charge in [0.05, 0.1) is 5.97 Å². The fourth-order valence-corrected chi connectivity index (χ4v) is 1.24. The van der Waals surface area contributed by atoms with Crippen molar-refractivity contribution in [3.8, 4) is 5.75 Å². The normalized spacial score (nSPS) is 10.5. The van der Waals surface area contributed by atoms with Crippen LogP contribution in [0.2, 0.25) is 0 Å². The van der Waals surface area contributed by atoms with Crippen LogP contribution in [0.5, 0.6) is 5.75 Å². The Morgan fingerprint density at radius 1 is 1.37 bits per heavy atom. The van der Waals surface area contributed by atoms with Crippen LogP contribution >= 0.6 is 0 Å². The van der Waals surface area contributed by atoms with E-state index in [9.17, 15) is 19.8 Å². The number of carbonyl (C=O) groups is 2. The molecule has 5 nitrogen and oxygen atoms in total. The molecule has 0 heterocycles. The van der Waals surface area contributed by atoms with E-state index >= 15 is 0 Å². The molecule has 1 aromatic carbocycles. The molecule has 0 fully saturated rings. The molecule has 0 aliphatic rings. The predicted octanol–water partition coefficient (Wildman–Crippen LogP) is -1.87. The Labute approximate surface area is 134 Å². The van der Waals surface area contributed by atoms with Crippen LogP contribution in [-0.2, 0) is 4.79 Å². The number of anilines is 1. The maximum Gasteiger partial charge on any atom is 1.00 e. The second-order valence-electron chi connectivity index (χ2n) is 4.71. The van der Waals surface area contributed by atoms with E-state index in [0.29, 0.717) is 12.1 Å². The van der Waals surface area contributed by atoms with Gasteiger partial charge in [0.25, 0.3) is 0 Å². The van der Waals surface area contributed by atoms with E-state index in [4.69, 9.17) is 0 Å². The fourth-order valence-electron chi connectivity index (χ4n) is 1.24. The van der Waals surface area contributed by atoms with Crippen LogP contribution in [0, 0.1) is 5.41 Å². The Morgan fingerprint density at radius 3 is 2.37 bits per heavy atom. The number of phenols is 1. The summed E-state index contributed by atoms with van der Waals surface area (Å²) in [5.41, 5.74) is -0.477. The van der Waals surface area contributed by atoms with Gasteiger partial charge in [0.15, 0.2) is 0 Å². The number of hydrogen-bond donors (Lipinski definition) is 2. The van der Waals surface area contributed by atoms with Crippen molar-refractivity contribution in [1.29, 1.82) is 0 Å². The molecule has 0 aliphatic carbocycles. The molecule has 0 radical (unpaired) electrons. The standard InChI is InChI=1S/C13H17NO4.Na/c1-4-13(2,3)12(18)14-8-5-6-9(11(16)17)10(15)7-8;/h5-7,15H,4H2,1-3H3,(H,14,18)(H,16,17);/q;+1/p-1. The van der Waals surface area contributed by atoms with Gasteiger partial charge in [-0.15, -0.1) is 0 Å². The number of aromatic hydroxyl groups is 1. The van der Waals surface area contributed by atoms with E-state index in [1.165, 1.54) is 18.2 Å². The molecule has 0 aromatic heterocycles. The van der Waals surface area contributed by atoms with Crippen molar-refractivity contribution in [2.24, 2.45) is 5.41 Å². The summed E-state index contributed by atoms with van der Waals surface area (Å²) in [6.07, 6.45) is 0.669. The minimum absolute atomic E-state index is 0. The quantitative estimate of drug-likeness (QED) is 0.629. The number of rotatable bonds is 4. The van der Waals surface area contributed by atoms with E-state index in [2.05, 4.69) is 5.32 Å². The van der Waals surface area contributed by atoms with Crippen LogP contribution in [0.15, 0.2) is 18.2 Å². The zero-order chi connectivity index (χ0) is 13.9. The van der Waals surface area contributed by atoms with Crippen molar-refractivity contribution in [3.63, 3.8) is 0 Å². The van der Waals surface area contributed by atoms with E-state index in [1.807, 2.05) is 6.92 Å². The Balaban J connectivity index is 0.00000324. The first-order chi connectivity index (χ1) is 8.27. The molecule has 0 aliphatic heterocycles. The molecular weight excluding hydrogens is 257 g/mol. The second-order valence-corrected chi connectivity index (χ2v) is 4.71. The van der Waals surface area contributed by atoms with Gasteiger partial charge in [-0.05, 0) is 18.6 Å². The molecule has 2 N–H and O–H groups in total. The van der Waals surface area contributed by atoms with Crippen molar-refractivity contribution in [2.45, 2.75) is 27.2 Å². The molecule has 98 valence electrons. The summed E-state index contributed by atoms with van der Waals surface area (Å²) >= 11 is 0. The SMILES string of the molecule is CCC(C)(C)C(=O)Nc1ccc(C(=O)[O-])c(O)c1.[Na+]. The van der Waals surface area contributed by atoms with Crippen LogP contribution < -0.4 is 40.0 Å². The molecule has 0 atom stereocenters. The van der Waals surface area contributed by atoms with Gasteiger partial charge in [-0.25, -0.2) is 0 Å². The molecule has 0 saturated carbocycles. The molecule has 1 amide bonds. The molecule has 19 heavy (non-hydrogen) atoms. The van der Waals surface area contributed by atoms with Crippen molar-refractivity contribution in [1.82, 2.24) is 0 Å². The second kappa shape index (κ2) is 6.93. The number of carboxylic acid groups (broad SMARTS) is 1. The first-order valence-electron chi connectivity index (χ1n) is 5.63. The van der Waals surface area contributed by atoms with Gasteiger partial charge >= 0.3 is 29.6 Å². The van der Waals surface area contributed by atoms with Crippen LogP contribution in [0.25, 0.3) is 0 Å². The van der Waals surface area contributed by atoms with Gasteiger partial charge in [-0.2, -0.15) is 0 Å². The molecule has 0 unspecified atom stereocenters. The molecular formula is C13H16NNaO4. The van der Waals surface area contributed by atoms with Crippen LogP contribution in [0.4, 0.5) is 5.69 Å². The molecule has 1 rings (SSSR count). The van der Waals surface area contributed by atoms with Gasteiger partial charge in [0.1, 0.15) is 5.75 Å². The first-order valence-corrected chi connectivity index (χ1v) is 5.63. The number of carbonyl (C=O) groups excluding carboxylic acids is 2. The monoisotopic (exact) mass is 273 g/mol. The van der Waals surface area contributed by atoms with E-state index in [-0.39, 0.29) is 41.0 Å². The Hall–Kier alpha value is -1.04. The maximum atomic E-state index is 11.9. The third kappa shape index (κ3) is 4.53. The van der Waals surface area contributed by atoms with E-state index in [0.717, 1.165) is 0 Å². The fraction of sp³-hybridized carbons (Fsp3) is 0.385. The third-order valence-corrected chi connectivity index (χ3v) is 2.97. The van der Waals surface area contributed by atoms with Crippen molar-refractivity contribution in [2.75, 3.05) is 5.32 Å². The third-order valence-electron chi connectivity index (χ3n) is 2.97. The number of benzene rings is 1. The number of nitrogens with one attached hydrogen (secondary N) is 1. The average Bonchev–Trinajstić information content (AvgIpc) is 2.28. The topological polar surface area (TPSA) is 89.5 Å². The average molecular weight is 273 g/mol.